The molecule has 1 fully saturated rings. The third-order valence-corrected chi connectivity index (χ3v) is 3.54. The van der Waals surface area contributed by atoms with E-state index in [4.69, 9.17) is 0 Å². The van der Waals surface area contributed by atoms with E-state index in [0.717, 1.165) is 25.2 Å². The summed E-state index contributed by atoms with van der Waals surface area (Å²) >= 11 is 0. The van der Waals surface area contributed by atoms with Crippen LogP contribution in [-0.2, 0) is 0 Å². The van der Waals surface area contributed by atoms with E-state index in [1.807, 2.05) is 6.07 Å². The fourth-order valence-corrected chi connectivity index (χ4v) is 2.44. The summed E-state index contributed by atoms with van der Waals surface area (Å²) in [6.07, 6.45) is 1.06. The Hall–Kier alpha value is -1.09. The largest absolute Gasteiger partial charge is 0.365 e. The summed E-state index contributed by atoms with van der Waals surface area (Å²) < 4.78 is 13.3. The molecule has 0 spiro atoms. The highest BCUT2D eigenvalue weighted by atomic mass is 19.1. The van der Waals surface area contributed by atoms with Crippen LogP contribution in [0.1, 0.15) is 27.2 Å². The van der Waals surface area contributed by atoms with Gasteiger partial charge in [0.05, 0.1) is 0 Å². The Kier molecular flexibility index (Phi) is 3.38. The summed E-state index contributed by atoms with van der Waals surface area (Å²) in [6.45, 7) is 8.54. The van der Waals surface area contributed by atoms with Gasteiger partial charge < -0.3 is 10.2 Å². The van der Waals surface area contributed by atoms with Gasteiger partial charge in [-0.15, -0.1) is 0 Å². The molecule has 0 bridgehead atoms. The molecule has 2 rings (SSSR count). The zero-order valence-electron chi connectivity index (χ0n) is 10.8. The maximum atomic E-state index is 13.3. The van der Waals surface area contributed by atoms with Crippen LogP contribution >= 0.6 is 0 Å². The van der Waals surface area contributed by atoms with E-state index in [0.29, 0.717) is 6.04 Å². The molecule has 0 saturated carbocycles. The molecule has 1 aliphatic rings. The molecule has 0 aliphatic carbocycles. The van der Waals surface area contributed by atoms with E-state index in [2.05, 4.69) is 31.0 Å². The molecule has 1 aromatic carbocycles. The van der Waals surface area contributed by atoms with E-state index in [9.17, 15) is 4.39 Å². The molecule has 94 valence electrons. The molecule has 1 saturated heterocycles. The molecule has 0 aromatic heterocycles. The second-order valence-corrected chi connectivity index (χ2v) is 5.51. The van der Waals surface area contributed by atoms with Crippen molar-refractivity contribution >= 4 is 5.69 Å². The lowest BCUT2D eigenvalue weighted by Crippen LogP contribution is -2.46. The molecule has 1 aromatic rings. The average Bonchev–Trinajstić information content (AvgIpc) is 2.37. The van der Waals surface area contributed by atoms with Gasteiger partial charge in [0.2, 0.25) is 0 Å². The molecule has 17 heavy (non-hydrogen) atoms. The number of hydrogen-bond donors (Lipinski definition) is 1. The lowest BCUT2D eigenvalue weighted by molar-refractivity contribution is 0.452. The Morgan fingerprint density at radius 1 is 1.41 bits per heavy atom. The summed E-state index contributed by atoms with van der Waals surface area (Å²) in [7, 11) is 0. The van der Waals surface area contributed by atoms with Crippen LogP contribution in [0.25, 0.3) is 0 Å². The third kappa shape index (κ3) is 2.78. The molecule has 1 atom stereocenters. The number of nitrogens with one attached hydrogen (secondary N) is 1. The van der Waals surface area contributed by atoms with Gasteiger partial charge in [0, 0.05) is 23.8 Å². The van der Waals surface area contributed by atoms with E-state index in [1.54, 1.807) is 12.1 Å². The van der Waals surface area contributed by atoms with Crippen LogP contribution in [0.15, 0.2) is 24.3 Å². The second kappa shape index (κ2) is 4.65. The van der Waals surface area contributed by atoms with E-state index in [-0.39, 0.29) is 11.4 Å². The first-order valence-corrected chi connectivity index (χ1v) is 6.26. The predicted molar refractivity (Wildman–Crippen MR) is 69.9 cm³/mol. The Balaban J connectivity index is 2.32. The lowest BCUT2D eigenvalue weighted by Gasteiger charge is -2.39. The minimum atomic E-state index is -0.164. The van der Waals surface area contributed by atoms with Crippen molar-refractivity contribution < 1.29 is 4.39 Å². The van der Waals surface area contributed by atoms with Gasteiger partial charge in [-0.05, 0) is 51.9 Å². The molecule has 3 heteroatoms. The van der Waals surface area contributed by atoms with E-state index < -0.39 is 0 Å². The first-order chi connectivity index (χ1) is 7.99. The maximum absolute atomic E-state index is 13.3. The molecule has 1 aliphatic heterocycles. The van der Waals surface area contributed by atoms with E-state index in [1.165, 1.54) is 6.07 Å². The first-order valence-electron chi connectivity index (χ1n) is 6.26. The summed E-state index contributed by atoms with van der Waals surface area (Å²) in [5.74, 6) is -0.164. The zero-order valence-corrected chi connectivity index (χ0v) is 10.8. The molecular weight excluding hydrogens is 215 g/mol. The van der Waals surface area contributed by atoms with Gasteiger partial charge in [-0.3, -0.25) is 0 Å². The van der Waals surface area contributed by atoms with Crippen LogP contribution < -0.4 is 10.2 Å². The number of rotatable bonds is 1. The van der Waals surface area contributed by atoms with Crippen molar-refractivity contribution in [2.24, 2.45) is 0 Å². The summed E-state index contributed by atoms with van der Waals surface area (Å²) in [4.78, 5) is 2.31. The van der Waals surface area contributed by atoms with Crippen LogP contribution in [0.2, 0.25) is 0 Å². The Morgan fingerprint density at radius 3 is 2.88 bits per heavy atom. The lowest BCUT2D eigenvalue weighted by atomic mass is 9.97. The standard InChI is InChI=1S/C14H21FN2/c1-11-10-17(14(2,3)7-8-16-11)13-6-4-5-12(15)9-13/h4-6,9,11,16H,7-8,10H2,1-3H3. The zero-order chi connectivity index (χ0) is 12.5. The predicted octanol–water partition coefficient (Wildman–Crippen LogP) is 2.79. The molecule has 0 radical (unpaired) electrons. The van der Waals surface area contributed by atoms with Gasteiger partial charge >= 0.3 is 0 Å². The average molecular weight is 236 g/mol. The molecule has 0 amide bonds. The minimum absolute atomic E-state index is 0.0611. The summed E-state index contributed by atoms with van der Waals surface area (Å²) in [5, 5.41) is 3.48. The SMILES string of the molecule is CC1CN(c2cccc(F)c2)C(C)(C)CCN1. The molecule has 2 nitrogen and oxygen atoms in total. The fraction of sp³-hybridized carbons (Fsp3) is 0.571. The Labute approximate surface area is 103 Å². The summed E-state index contributed by atoms with van der Waals surface area (Å²) in [5.41, 5.74) is 1.04. The smallest absolute Gasteiger partial charge is 0.125 e. The normalized spacial score (nSPS) is 24.5. The van der Waals surface area contributed by atoms with Gasteiger partial charge in [0.1, 0.15) is 5.82 Å². The highest BCUT2D eigenvalue weighted by Gasteiger charge is 2.30. The van der Waals surface area contributed by atoms with Crippen LogP contribution in [0, 0.1) is 5.82 Å². The Morgan fingerprint density at radius 2 is 2.18 bits per heavy atom. The van der Waals surface area contributed by atoms with Crippen molar-refractivity contribution in [3.8, 4) is 0 Å². The monoisotopic (exact) mass is 236 g/mol. The third-order valence-electron chi connectivity index (χ3n) is 3.54. The number of nitrogens with zero attached hydrogens (tertiary/aromatic N) is 1. The van der Waals surface area contributed by atoms with Gasteiger partial charge in [-0.2, -0.15) is 0 Å². The second-order valence-electron chi connectivity index (χ2n) is 5.51. The van der Waals surface area contributed by atoms with Gasteiger partial charge in [0.15, 0.2) is 0 Å². The molecule has 1 N–H and O–H groups in total. The van der Waals surface area contributed by atoms with Crippen molar-refractivity contribution in [1.82, 2.24) is 5.32 Å². The van der Waals surface area contributed by atoms with Gasteiger partial charge in [0.25, 0.3) is 0 Å². The van der Waals surface area contributed by atoms with Crippen molar-refractivity contribution in [1.29, 1.82) is 0 Å². The van der Waals surface area contributed by atoms with Crippen LogP contribution in [0.5, 0.6) is 0 Å². The van der Waals surface area contributed by atoms with Crippen molar-refractivity contribution in [2.75, 3.05) is 18.0 Å². The van der Waals surface area contributed by atoms with Gasteiger partial charge in [-0.25, -0.2) is 4.39 Å². The highest BCUT2D eigenvalue weighted by Crippen LogP contribution is 2.28. The summed E-state index contributed by atoms with van der Waals surface area (Å²) in [6, 6.07) is 7.32. The molecule has 1 unspecified atom stereocenters. The number of anilines is 1. The van der Waals surface area contributed by atoms with Crippen molar-refractivity contribution in [3.05, 3.63) is 30.1 Å². The van der Waals surface area contributed by atoms with Crippen LogP contribution in [-0.4, -0.2) is 24.7 Å². The van der Waals surface area contributed by atoms with Crippen molar-refractivity contribution in [2.45, 2.75) is 38.8 Å². The maximum Gasteiger partial charge on any atom is 0.125 e. The quantitative estimate of drug-likeness (QED) is 0.806. The fourth-order valence-electron chi connectivity index (χ4n) is 2.44. The number of hydrogen-bond acceptors (Lipinski definition) is 2. The van der Waals surface area contributed by atoms with E-state index >= 15 is 0 Å². The number of halogens is 1. The molecular formula is C14H21FN2. The van der Waals surface area contributed by atoms with Crippen LogP contribution in [0.4, 0.5) is 10.1 Å². The Bertz CT molecular complexity index is 390. The minimum Gasteiger partial charge on any atom is -0.365 e. The molecule has 1 heterocycles. The van der Waals surface area contributed by atoms with Crippen LogP contribution in [0.3, 0.4) is 0 Å². The highest BCUT2D eigenvalue weighted by molar-refractivity contribution is 5.49. The topological polar surface area (TPSA) is 15.3 Å². The first kappa shape index (κ1) is 12.4. The van der Waals surface area contributed by atoms with Crippen molar-refractivity contribution in [3.63, 3.8) is 0 Å². The van der Waals surface area contributed by atoms with Gasteiger partial charge in [-0.1, -0.05) is 6.07 Å². The number of benzene rings is 1.